The van der Waals surface area contributed by atoms with Gasteiger partial charge in [-0.25, -0.2) is 0 Å². The van der Waals surface area contributed by atoms with E-state index < -0.39 is 5.91 Å². The Morgan fingerprint density at radius 1 is 1.50 bits per heavy atom. The number of benzene rings is 1. The monoisotopic (exact) mass is 166 g/mol. The van der Waals surface area contributed by atoms with Crippen LogP contribution in [-0.2, 0) is 0 Å². The zero-order valence-corrected chi connectivity index (χ0v) is 6.66. The van der Waals surface area contributed by atoms with Crippen LogP contribution in [0.25, 0.3) is 0 Å². The summed E-state index contributed by atoms with van der Waals surface area (Å²) in [5.41, 5.74) is 5.98. The lowest BCUT2D eigenvalue weighted by Crippen LogP contribution is -2.10. The number of hydrogen-bond donors (Lipinski definition) is 3. The third-order valence-corrected chi connectivity index (χ3v) is 1.49. The maximum atomic E-state index is 10.7. The second kappa shape index (κ2) is 3.13. The van der Waals surface area contributed by atoms with Crippen molar-refractivity contribution < 1.29 is 9.90 Å². The molecule has 12 heavy (non-hydrogen) atoms. The van der Waals surface area contributed by atoms with Crippen molar-refractivity contribution in [3.05, 3.63) is 23.8 Å². The lowest BCUT2D eigenvalue weighted by molar-refractivity contribution is 0.1000. The van der Waals surface area contributed by atoms with Gasteiger partial charge in [-0.3, -0.25) is 4.79 Å². The highest BCUT2D eigenvalue weighted by molar-refractivity contribution is 5.94. The Bertz CT molecular complexity index is 310. The topological polar surface area (TPSA) is 75.3 Å². The van der Waals surface area contributed by atoms with Gasteiger partial charge in [0, 0.05) is 24.4 Å². The van der Waals surface area contributed by atoms with Crippen LogP contribution in [0.15, 0.2) is 18.2 Å². The van der Waals surface area contributed by atoms with E-state index in [2.05, 4.69) is 5.32 Å². The number of carbonyl (C=O) groups excluding carboxylic acids is 1. The molecule has 0 atom stereocenters. The molecule has 0 saturated heterocycles. The predicted molar refractivity (Wildman–Crippen MR) is 46.2 cm³/mol. The van der Waals surface area contributed by atoms with Crippen molar-refractivity contribution in [2.24, 2.45) is 5.73 Å². The molecule has 1 amide bonds. The molecule has 0 unspecified atom stereocenters. The largest absolute Gasteiger partial charge is 0.508 e. The smallest absolute Gasteiger partial charge is 0.248 e. The maximum Gasteiger partial charge on any atom is 0.248 e. The van der Waals surface area contributed by atoms with Gasteiger partial charge in [0.25, 0.3) is 0 Å². The number of amides is 1. The summed E-state index contributed by atoms with van der Waals surface area (Å²) in [6.07, 6.45) is 0. The van der Waals surface area contributed by atoms with Gasteiger partial charge in [-0.2, -0.15) is 0 Å². The van der Waals surface area contributed by atoms with Gasteiger partial charge in [-0.05, 0) is 12.1 Å². The summed E-state index contributed by atoms with van der Waals surface area (Å²) in [4.78, 5) is 10.7. The molecule has 4 N–H and O–H groups in total. The quantitative estimate of drug-likeness (QED) is 0.600. The molecular weight excluding hydrogens is 156 g/mol. The second-order valence-corrected chi connectivity index (χ2v) is 2.38. The van der Waals surface area contributed by atoms with Crippen molar-refractivity contribution >= 4 is 11.6 Å². The lowest BCUT2D eigenvalue weighted by atomic mass is 10.2. The Morgan fingerprint density at radius 3 is 2.67 bits per heavy atom. The molecule has 0 aromatic heterocycles. The zero-order chi connectivity index (χ0) is 9.14. The summed E-state index contributed by atoms with van der Waals surface area (Å²) in [5.74, 6) is -0.530. The molecule has 1 aromatic rings. The molecule has 4 nitrogen and oxygen atoms in total. The summed E-state index contributed by atoms with van der Waals surface area (Å²) in [7, 11) is 1.69. The number of anilines is 1. The minimum Gasteiger partial charge on any atom is -0.508 e. The maximum absolute atomic E-state index is 10.7. The highest BCUT2D eigenvalue weighted by atomic mass is 16.3. The normalized spacial score (nSPS) is 9.42. The predicted octanol–water partition coefficient (Wildman–Crippen LogP) is 0.533. The van der Waals surface area contributed by atoms with Gasteiger partial charge >= 0.3 is 0 Å². The highest BCUT2D eigenvalue weighted by Crippen LogP contribution is 2.18. The molecule has 0 saturated carbocycles. The summed E-state index contributed by atoms with van der Waals surface area (Å²) >= 11 is 0. The Kier molecular flexibility index (Phi) is 2.19. The average molecular weight is 166 g/mol. The fourth-order valence-corrected chi connectivity index (χ4v) is 0.898. The molecule has 0 aliphatic rings. The van der Waals surface area contributed by atoms with Gasteiger partial charge in [0.05, 0.1) is 0 Å². The standard InChI is InChI=1S/C8H10N2O2/c1-10-6-2-5(8(9)12)3-7(11)4-6/h2-4,10-11H,1H3,(H2,9,12). The van der Waals surface area contributed by atoms with Crippen molar-refractivity contribution in [3.8, 4) is 5.75 Å². The van der Waals surface area contributed by atoms with Gasteiger partial charge in [0.2, 0.25) is 5.91 Å². The summed E-state index contributed by atoms with van der Waals surface area (Å²) in [5, 5.41) is 11.9. The number of rotatable bonds is 2. The van der Waals surface area contributed by atoms with E-state index in [0.29, 0.717) is 11.3 Å². The van der Waals surface area contributed by atoms with Crippen LogP contribution in [0.3, 0.4) is 0 Å². The van der Waals surface area contributed by atoms with Gasteiger partial charge < -0.3 is 16.2 Å². The minimum atomic E-state index is -0.553. The van der Waals surface area contributed by atoms with Crippen molar-refractivity contribution in [2.45, 2.75) is 0 Å². The first-order chi connectivity index (χ1) is 5.63. The van der Waals surface area contributed by atoms with Crippen molar-refractivity contribution in [3.63, 3.8) is 0 Å². The van der Waals surface area contributed by atoms with Crippen LogP contribution < -0.4 is 11.1 Å². The van der Waals surface area contributed by atoms with E-state index in [1.807, 2.05) is 0 Å². The van der Waals surface area contributed by atoms with Crippen molar-refractivity contribution in [1.29, 1.82) is 0 Å². The first-order valence-corrected chi connectivity index (χ1v) is 3.45. The van der Waals surface area contributed by atoms with Crippen LogP contribution in [0.4, 0.5) is 5.69 Å². The molecule has 0 aliphatic heterocycles. The van der Waals surface area contributed by atoms with E-state index in [-0.39, 0.29) is 5.75 Å². The van der Waals surface area contributed by atoms with Crippen LogP contribution in [-0.4, -0.2) is 18.1 Å². The number of nitrogens with two attached hydrogens (primary N) is 1. The van der Waals surface area contributed by atoms with E-state index in [9.17, 15) is 4.79 Å². The number of carbonyl (C=O) groups is 1. The SMILES string of the molecule is CNc1cc(O)cc(C(N)=O)c1. The number of phenols is 1. The fraction of sp³-hybridized carbons (Fsp3) is 0.125. The summed E-state index contributed by atoms with van der Waals surface area (Å²) in [6, 6.07) is 4.40. The van der Waals surface area contributed by atoms with Gasteiger partial charge in [-0.1, -0.05) is 0 Å². The molecule has 0 heterocycles. The van der Waals surface area contributed by atoms with Gasteiger partial charge in [0.1, 0.15) is 5.75 Å². The number of nitrogens with one attached hydrogen (secondary N) is 1. The fourth-order valence-electron chi connectivity index (χ4n) is 0.898. The Labute approximate surface area is 70.0 Å². The molecular formula is C8H10N2O2. The van der Waals surface area contributed by atoms with E-state index in [1.54, 1.807) is 13.1 Å². The molecule has 64 valence electrons. The van der Waals surface area contributed by atoms with Crippen LogP contribution >= 0.6 is 0 Å². The van der Waals surface area contributed by atoms with Crippen LogP contribution in [0.5, 0.6) is 5.75 Å². The summed E-state index contributed by atoms with van der Waals surface area (Å²) < 4.78 is 0. The third kappa shape index (κ3) is 1.66. The molecule has 1 aromatic carbocycles. The molecule has 0 fully saturated rings. The Balaban J connectivity index is 3.15. The Hall–Kier alpha value is -1.71. The first-order valence-electron chi connectivity index (χ1n) is 3.45. The molecule has 0 spiro atoms. The van der Waals surface area contributed by atoms with Crippen LogP contribution in [0.2, 0.25) is 0 Å². The molecule has 1 rings (SSSR count). The molecule has 4 heteroatoms. The number of hydrogen-bond acceptors (Lipinski definition) is 3. The third-order valence-electron chi connectivity index (χ3n) is 1.49. The average Bonchev–Trinajstić information content (AvgIpc) is 2.03. The number of phenolic OH excluding ortho intramolecular Hbond substituents is 1. The summed E-state index contributed by atoms with van der Waals surface area (Å²) in [6.45, 7) is 0. The molecule has 0 bridgehead atoms. The number of aromatic hydroxyl groups is 1. The highest BCUT2D eigenvalue weighted by Gasteiger charge is 2.03. The van der Waals surface area contributed by atoms with Crippen LogP contribution in [0, 0.1) is 0 Å². The minimum absolute atomic E-state index is 0.0238. The second-order valence-electron chi connectivity index (χ2n) is 2.38. The number of primary amides is 1. The first kappa shape index (κ1) is 8.39. The lowest BCUT2D eigenvalue weighted by Gasteiger charge is -2.02. The van der Waals surface area contributed by atoms with E-state index in [0.717, 1.165) is 0 Å². The van der Waals surface area contributed by atoms with Crippen LogP contribution in [0.1, 0.15) is 10.4 Å². The van der Waals surface area contributed by atoms with Crippen molar-refractivity contribution in [2.75, 3.05) is 12.4 Å². The van der Waals surface area contributed by atoms with Gasteiger partial charge in [-0.15, -0.1) is 0 Å². The van der Waals surface area contributed by atoms with E-state index in [4.69, 9.17) is 10.8 Å². The van der Waals surface area contributed by atoms with E-state index >= 15 is 0 Å². The zero-order valence-electron chi connectivity index (χ0n) is 6.66. The van der Waals surface area contributed by atoms with Crippen molar-refractivity contribution in [1.82, 2.24) is 0 Å². The molecule has 0 aliphatic carbocycles. The molecule has 0 radical (unpaired) electrons. The van der Waals surface area contributed by atoms with Gasteiger partial charge in [0.15, 0.2) is 0 Å². The van der Waals surface area contributed by atoms with E-state index in [1.165, 1.54) is 12.1 Å². The Morgan fingerprint density at radius 2 is 2.17 bits per heavy atom.